The van der Waals surface area contributed by atoms with Crippen LogP contribution in [-0.2, 0) is 0 Å². The molecule has 0 aliphatic carbocycles. The first-order valence-electron chi connectivity index (χ1n) is 16.8. The first-order valence-corrected chi connectivity index (χ1v) is 19.5. The van der Waals surface area contributed by atoms with E-state index >= 15 is 0 Å². The quantitative estimate of drug-likeness (QED) is 0.209. The molecule has 49 heavy (non-hydrogen) atoms. The van der Waals surface area contributed by atoms with Gasteiger partial charge in [0.15, 0.2) is 0 Å². The van der Waals surface area contributed by atoms with Crippen LogP contribution in [0, 0.1) is 0 Å². The summed E-state index contributed by atoms with van der Waals surface area (Å²) < 4.78 is 0. The van der Waals surface area contributed by atoms with Gasteiger partial charge in [-0.3, -0.25) is 4.90 Å². The molecule has 2 saturated heterocycles. The summed E-state index contributed by atoms with van der Waals surface area (Å²) in [6.07, 6.45) is 0. The predicted octanol–water partition coefficient (Wildman–Crippen LogP) is 6.35. The van der Waals surface area contributed by atoms with Crippen LogP contribution in [-0.4, -0.2) is 114 Å². The summed E-state index contributed by atoms with van der Waals surface area (Å²) in [6, 6.07) is 33.9. The molecule has 0 saturated carbocycles. The number of hydrogen-bond acceptors (Lipinski definition) is 10. The fourth-order valence-electron chi connectivity index (χ4n) is 6.02. The first kappa shape index (κ1) is 35.7. The van der Waals surface area contributed by atoms with Crippen LogP contribution in [0.25, 0.3) is 0 Å². The van der Waals surface area contributed by atoms with Gasteiger partial charge >= 0.3 is 0 Å². The molecule has 0 bridgehead atoms. The highest BCUT2D eigenvalue weighted by molar-refractivity contribution is 9.09. The van der Waals surface area contributed by atoms with Crippen molar-refractivity contribution in [3.05, 3.63) is 108 Å². The summed E-state index contributed by atoms with van der Waals surface area (Å²) in [5.41, 5.74) is 4.59. The highest BCUT2D eigenvalue weighted by Crippen LogP contribution is 2.41. The van der Waals surface area contributed by atoms with Crippen LogP contribution in [0.3, 0.4) is 0 Å². The van der Waals surface area contributed by atoms with Gasteiger partial charge in [-0.2, -0.15) is 0 Å². The fourth-order valence-corrected chi connectivity index (χ4v) is 8.06. The van der Waals surface area contributed by atoms with Gasteiger partial charge in [0, 0.05) is 94.9 Å². The van der Waals surface area contributed by atoms with Crippen molar-refractivity contribution in [2.75, 3.05) is 77.4 Å². The average molecular weight is 760 g/mol. The minimum absolute atomic E-state index is 0.230. The van der Waals surface area contributed by atoms with Crippen molar-refractivity contribution in [1.29, 1.82) is 0 Å². The zero-order valence-electron chi connectivity index (χ0n) is 27.5. The lowest BCUT2D eigenvalue weighted by Crippen LogP contribution is -2.49. The molecule has 0 atom stereocenters. The molecule has 4 aliphatic rings. The number of halogens is 1. The number of para-hydroxylation sites is 2. The average Bonchev–Trinajstić information content (AvgIpc) is 3.44. The van der Waals surface area contributed by atoms with Crippen LogP contribution >= 0.6 is 39.5 Å². The van der Waals surface area contributed by atoms with Crippen LogP contribution < -0.4 is 5.32 Å². The molecule has 0 radical (unpaired) electrons. The molecule has 8 nitrogen and oxygen atoms in total. The molecular weight excluding hydrogens is 716 g/mol. The largest absolute Gasteiger partial charge is 0.396 e. The van der Waals surface area contributed by atoms with Crippen molar-refractivity contribution in [2.45, 2.75) is 19.6 Å². The predicted molar refractivity (Wildman–Crippen MR) is 207 cm³/mol. The van der Waals surface area contributed by atoms with E-state index in [1.54, 1.807) is 11.8 Å². The van der Waals surface area contributed by atoms with Gasteiger partial charge in [0.1, 0.15) is 11.7 Å². The Labute approximate surface area is 306 Å². The van der Waals surface area contributed by atoms with Crippen molar-refractivity contribution >= 4 is 62.5 Å². The van der Waals surface area contributed by atoms with Crippen molar-refractivity contribution in [3.63, 3.8) is 0 Å². The van der Waals surface area contributed by atoms with E-state index in [2.05, 4.69) is 133 Å². The normalized spacial score (nSPS) is 16.8. The van der Waals surface area contributed by atoms with Crippen molar-refractivity contribution < 1.29 is 10.2 Å². The summed E-state index contributed by atoms with van der Waals surface area (Å²) in [4.78, 5) is 22.1. The number of rotatable bonds is 3. The van der Waals surface area contributed by atoms with Gasteiger partial charge in [-0.25, -0.2) is 9.98 Å². The Morgan fingerprint density at radius 1 is 0.571 bits per heavy atom. The maximum atomic E-state index is 9.13. The number of benzene rings is 4. The standard InChI is InChI=1S/C19H21N3OS.C17H17N3S.C2H5BrO/c23-14-13-21-9-11-22(12-10-21)19-15-5-1-3-7-17(15)24-18-8-4-2-6-16(18)20-19;1-3-7-15-13(5-1)17(20-11-9-18-10-12-20)19-14-6-2-4-8-16(14)21-15;3-1-2-4/h1-8,23H,9-14H2;1-8,18H,9-12H2;4H,1-2H2. The number of fused-ring (bicyclic) bond motifs is 4. The van der Waals surface area contributed by atoms with E-state index in [0.29, 0.717) is 5.33 Å². The molecule has 0 unspecified atom stereocenters. The third kappa shape index (κ3) is 9.15. The third-order valence-electron chi connectivity index (χ3n) is 8.47. The minimum Gasteiger partial charge on any atom is -0.396 e. The van der Waals surface area contributed by atoms with Gasteiger partial charge in [0.25, 0.3) is 0 Å². The summed E-state index contributed by atoms with van der Waals surface area (Å²) in [5.74, 6) is 2.19. The second-order valence-corrected chi connectivity index (χ2v) is 14.7. The van der Waals surface area contributed by atoms with Gasteiger partial charge in [-0.05, 0) is 36.4 Å². The van der Waals surface area contributed by atoms with E-state index in [0.717, 1.165) is 81.9 Å². The molecule has 3 N–H and O–H groups in total. The number of amidine groups is 2. The fraction of sp³-hybridized carbons (Fsp3) is 0.316. The molecule has 0 amide bonds. The zero-order chi connectivity index (χ0) is 33.8. The maximum absolute atomic E-state index is 9.13. The first-order chi connectivity index (χ1) is 24.2. The number of nitrogens with one attached hydrogen (secondary N) is 1. The topological polar surface area (TPSA) is 86.9 Å². The molecule has 4 aromatic rings. The minimum atomic E-state index is 0.230. The lowest BCUT2D eigenvalue weighted by molar-refractivity contribution is 0.147. The number of aliphatic hydroxyl groups is 2. The van der Waals surface area contributed by atoms with Crippen molar-refractivity contribution in [1.82, 2.24) is 20.0 Å². The number of aliphatic hydroxyl groups excluding tert-OH is 2. The highest BCUT2D eigenvalue weighted by atomic mass is 79.9. The number of aliphatic imine (C=N–C) groups is 2. The molecule has 4 heterocycles. The van der Waals surface area contributed by atoms with Gasteiger partial charge in [0.05, 0.1) is 24.6 Å². The number of piperazine rings is 2. The van der Waals surface area contributed by atoms with Crippen LogP contribution in [0.2, 0.25) is 0 Å². The molecule has 0 spiro atoms. The van der Waals surface area contributed by atoms with Crippen LogP contribution in [0.15, 0.2) is 127 Å². The number of nitrogens with zero attached hydrogens (tertiary/aromatic N) is 5. The monoisotopic (exact) mass is 758 g/mol. The number of β-amino-alcohol motifs (C(OH)–C–C–N with tert-alkyl or cyclic N) is 1. The van der Waals surface area contributed by atoms with Crippen LogP contribution in [0.4, 0.5) is 11.4 Å². The Bertz CT molecular complexity index is 1740. The Balaban J connectivity index is 0.000000155. The highest BCUT2D eigenvalue weighted by Gasteiger charge is 2.25. The summed E-state index contributed by atoms with van der Waals surface area (Å²) in [5, 5.41) is 21.1. The summed E-state index contributed by atoms with van der Waals surface area (Å²) in [7, 11) is 0. The molecule has 256 valence electrons. The number of hydrogen-bond donors (Lipinski definition) is 3. The summed E-state index contributed by atoms with van der Waals surface area (Å²) in [6.45, 7) is 9.13. The van der Waals surface area contributed by atoms with Crippen LogP contribution in [0.5, 0.6) is 0 Å². The molecule has 2 fully saturated rings. The Morgan fingerprint density at radius 3 is 1.47 bits per heavy atom. The molecular formula is C38H43BrN6O2S2. The Morgan fingerprint density at radius 2 is 1.00 bits per heavy atom. The second-order valence-electron chi connectivity index (χ2n) is 11.7. The molecule has 8 rings (SSSR count). The van der Waals surface area contributed by atoms with Gasteiger partial charge < -0.3 is 25.3 Å². The van der Waals surface area contributed by atoms with Gasteiger partial charge in [0.2, 0.25) is 0 Å². The number of alkyl halides is 1. The van der Waals surface area contributed by atoms with E-state index in [-0.39, 0.29) is 13.2 Å². The third-order valence-corrected chi connectivity index (χ3v) is 11.1. The Hall–Kier alpha value is -3.16. The SMILES string of the molecule is OCCBr.OCCN1CCN(C2=Nc3ccccc3Sc3ccccc32)CC1.c1ccc2c(c1)N=C(N1CCNCC1)c1ccccc1S2. The lowest BCUT2D eigenvalue weighted by Gasteiger charge is -2.36. The lowest BCUT2D eigenvalue weighted by atomic mass is 10.1. The molecule has 4 aliphatic heterocycles. The molecule has 0 aromatic heterocycles. The van der Waals surface area contributed by atoms with E-state index in [1.807, 2.05) is 11.8 Å². The van der Waals surface area contributed by atoms with Crippen LogP contribution in [0.1, 0.15) is 11.1 Å². The molecule has 4 aromatic carbocycles. The second kappa shape index (κ2) is 18.2. The Kier molecular flexibility index (Phi) is 13.2. The van der Waals surface area contributed by atoms with Gasteiger partial charge in [-0.15, -0.1) is 0 Å². The van der Waals surface area contributed by atoms with Crippen molar-refractivity contribution in [3.8, 4) is 0 Å². The van der Waals surface area contributed by atoms with E-state index in [1.165, 1.54) is 30.7 Å². The smallest absolute Gasteiger partial charge is 0.137 e. The summed E-state index contributed by atoms with van der Waals surface area (Å²) >= 11 is 6.61. The van der Waals surface area contributed by atoms with Crippen molar-refractivity contribution in [2.24, 2.45) is 9.98 Å². The molecule has 11 heteroatoms. The van der Waals surface area contributed by atoms with E-state index < -0.39 is 0 Å². The van der Waals surface area contributed by atoms with E-state index in [9.17, 15) is 0 Å². The zero-order valence-corrected chi connectivity index (χ0v) is 30.8. The maximum Gasteiger partial charge on any atom is 0.137 e. The van der Waals surface area contributed by atoms with Gasteiger partial charge in [-0.1, -0.05) is 100 Å². The van der Waals surface area contributed by atoms with E-state index in [4.69, 9.17) is 20.2 Å².